The van der Waals surface area contributed by atoms with Crippen molar-refractivity contribution in [2.75, 3.05) is 7.11 Å². The van der Waals surface area contributed by atoms with Gasteiger partial charge < -0.3 is 15.2 Å². The SMILES string of the molecule is COc1ccc(CN)cc1OC1CCCCCC1. The average molecular weight is 249 g/mol. The Balaban J connectivity index is 2.10. The Labute approximate surface area is 109 Å². The number of hydrogen-bond donors (Lipinski definition) is 1. The molecule has 1 aromatic rings. The van der Waals surface area contributed by atoms with Crippen LogP contribution in [0.3, 0.4) is 0 Å². The molecule has 0 spiro atoms. The van der Waals surface area contributed by atoms with Gasteiger partial charge in [-0.2, -0.15) is 0 Å². The summed E-state index contributed by atoms with van der Waals surface area (Å²) in [5.74, 6) is 1.64. The highest BCUT2D eigenvalue weighted by Crippen LogP contribution is 2.31. The van der Waals surface area contributed by atoms with Gasteiger partial charge in [0.2, 0.25) is 0 Å². The summed E-state index contributed by atoms with van der Waals surface area (Å²) in [6.45, 7) is 0.533. The molecule has 1 aliphatic carbocycles. The number of methoxy groups -OCH3 is 1. The van der Waals surface area contributed by atoms with Gasteiger partial charge in [0.15, 0.2) is 11.5 Å². The van der Waals surface area contributed by atoms with Crippen molar-refractivity contribution in [2.24, 2.45) is 5.73 Å². The number of ether oxygens (including phenoxy) is 2. The van der Waals surface area contributed by atoms with Gasteiger partial charge in [-0.05, 0) is 43.4 Å². The molecule has 0 aromatic heterocycles. The zero-order valence-electron chi connectivity index (χ0n) is 11.2. The van der Waals surface area contributed by atoms with Gasteiger partial charge in [-0.25, -0.2) is 0 Å². The molecule has 0 heterocycles. The summed E-state index contributed by atoms with van der Waals surface area (Å²) >= 11 is 0. The molecule has 1 saturated carbocycles. The van der Waals surface area contributed by atoms with Crippen LogP contribution in [0.25, 0.3) is 0 Å². The molecule has 0 saturated heterocycles. The number of rotatable bonds is 4. The highest BCUT2D eigenvalue weighted by molar-refractivity contribution is 5.43. The van der Waals surface area contributed by atoms with Crippen LogP contribution in [0.4, 0.5) is 0 Å². The summed E-state index contributed by atoms with van der Waals surface area (Å²) in [5, 5.41) is 0. The molecule has 2 rings (SSSR count). The molecule has 0 atom stereocenters. The quantitative estimate of drug-likeness (QED) is 0.833. The maximum atomic E-state index is 6.12. The summed E-state index contributed by atoms with van der Waals surface area (Å²) in [6.07, 6.45) is 7.83. The molecule has 0 bridgehead atoms. The van der Waals surface area contributed by atoms with Gasteiger partial charge in [-0.3, -0.25) is 0 Å². The third-order valence-electron chi connectivity index (χ3n) is 3.56. The zero-order chi connectivity index (χ0) is 12.8. The molecule has 0 radical (unpaired) electrons. The molecule has 100 valence electrons. The maximum absolute atomic E-state index is 6.12. The first-order valence-electron chi connectivity index (χ1n) is 6.87. The van der Waals surface area contributed by atoms with Crippen LogP contribution in [-0.2, 0) is 6.54 Å². The number of hydrogen-bond acceptors (Lipinski definition) is 3. The Kier molecular flexibility index (Phi) is 4.88. The van der Waals surface area contributed by atoms with Gasteiger partial charge in [0.25, 0.3) is 0 Å². The van der Waals surface area contributed by atoms with Crippen molar-refractivity contribution in [1.29, 1.82) is 0 Å². The van der Waals surface area contributed by atoms with E-state index in [1.165, 1.54) is 25.7 Å². The van der Waals surface area contributed by atoms with Crippen LogP contribution < -0.4 is 15.2 Å². The summed E-state index contributed by atoms with van der Waals surface area (Å²) in [5.41, 5.74) is 6.75. The van der Waals surface area contributed by atoms with E-state index in [0.717, 1.165) is 29.9 Å². The largest absolute Gasteiger partial charge is 0.493 e. The van der Waals surface area contributed by atoms with E-state index in [1.807, 2.05) is 18.2 Å². The standard InChI is InChI=1S/C15H23NO2/c1-17-14-9-8-12(11-16)10-15(14)18-13-6-4-2-3-5-7-13/h8-10,13H,2-7,11,16H2,1H3. The maximum Gasteiger partial charge on any atom is 0.161 e. The average Bonchev–Trinajstić information content (AvgIpc) is 2.67. The van der Waals surface area contributed by atoms with Crippen molar-refractivity contribution >= 4 is 0 Å². The molecule has 1 aromatic carbocycles. The van der Waals surface area contributed by atoms with E-state index in [-0.39, 0.29) is 0 Å². The molecule has 18 heavy (non-hydrogen) atoms. The lowest BCUT2D eigenvalue weighted by molar-refractivity contribution is 0.176. The molecule has 3 heteroatoms. The normalized spacial score (nSPS) is 17.2. The van der Waals surface area contributed by atoms with Crippen LogP contribution in [0.5, 0.6) is 11.5 Å². The fraction of sp³-hybridized carbons (Fsp3) is 0.600. The lowest BCUT2D eigenvalue weighted by Gasteiger charge is -2.19. The molecule has 0 aliphatic heterocycles. The lowest BCUT2D eigenvalue weighted by Crippen LogP contribution is -2.15. The van der Waals surface area contributed by atoms with Crippen molar-refractivity contribution in [3.63, 3.8) is 0 Å². The molecule has 1 fully saturated rings. The van der Waals surface area contributed by atoms with Crippen LogP contribution in [0.2, 0.25) is 0 Å². The Bertz CT molecular complexity index is 371. The first-order valence-corrected chi connectivity index (χ1v) is 6.87. The van der Waals surface area contributed by atoms with E-state index < -0.39 is 0 Å². The van der Waals surface area contributed by atoms with Crippen molar-refractivity contribution < 1.29 is 9.47 Å². The van der Waals surface area contributed by atoms with Gasteiger partial charge in [0.05, 0.1) is 13.2 Å². The summed E-state index contributed by atoms with van der Waals surface area (Å²) in [7, 11) is 1.68. The Morgan fingerprint density at radius 2 is 1.83 bits per heavy atom. The molecule has 2 N–H and O–H groups in total. The van der Waals surface area contributed by atoms with Crippen molar-refractivity contribution in [3.05, 3.63) is 23.8 Å². The highest BCUT2D eigenvalue weighted by atomic mass is 16.5. The first-order chi connectivity index (χ1) is 8.83. The minimum Gasteiger partial charge on any atom is -0.493 e. The summed E-state index contributed by atoms with van der Waals surface area (Å²) < 4.78 is 11.5. The minimum absolute atomic E-state index is 0.328. The summed E-state index contributed by atoms with van der Waals surface area (Å²) in [4.78, 5) is 0. The first kappa shape index (κ1) is 13.2. The predicted octanol–water partition coefficient (Wildman–Crippen LogP) is 3.26. The van der Waals surface area contributed by atoms with Crippen LogP contribution in [-0.4, -0.2) is 13.2 Å². The molecule has 0 amide bonds. The molecule has 1 aliphatic rings. The molecule has 0 unspecified atom stereocenters. The smallest absolute Gasteiger partial charge is 0.161 e. The van der Waals surface area contributed by atoms with Crippen LogP contribution in [0.15, 0.2) is 18.2 Å². The van der Waals surface area contributed by atoms with Crippen molar-refractivity contribution in [2.45, 2.75) is 51.2 Å². The number of nitrogens with two attached hydrogens (primary N) is 1. The van der Waals surface area contributed by atoms with Crippen LogP contribution >= 0.6 is 0 Å². The molecule has 3 nitrogen and oxygen atoms in total. The topological polar surface area (TPSA) is 44.5 Å². The third-order valence-corrected chi connectivity index (χ3v) is 3.56. The summed E-state index contributed by atoms with van der Waals surface area (Å²) in [6, 6.07) is 5.93. The van der Waals surface area contributed by atoms with E-state index in [0.29, 0.717) is 12.6 Å². The fourth-order valence-corrected chi connectivity index (χ4v) is 2.48. The van der Waals surface area contributed by atoms with E-state index in [9.17, 15) is 0 Å². The monoisotopic (exact) mass is 249 g/mol. The molecular weight excluding hydrogens is 226 g/mol. The molecular formula is C15H23NO2. The second-order valence-electron chi connectivity index (χ2n) is 4.92. The van der Waals surface area contributed by atoms with Crippen LogP contribution in [0, 0.1) is 0 Å². The van der Waals surface area contributed by atoms with Crippen molar-refractivity contribution in [1.82, 2.24) is 0 Å². The van der Waals surface area contributed by atoms with Gasteiger partial charge in [0.1, 0.15) is 0 Å². The van der Waals surface area contributed by atoms with Gasteiger partial charge in [-0.1, -0.05) is 18.9 Å². The van der Waals surface area contributed by atoms with E-state index >= 15 is 0 Å². The minimum atomic E-state index is 0.328. The Hall–Kier alpha value is -1.22. The lowest BCUT2D eigenvalue weighted by atomic mass is 10.1. The Morgan fingerprint density at radius 3 is 2.44 bits per heavy atom. The van der Waals surface area contributed by atoms with Crippen LogP contribution in [0.1, 0.15) is 44.1 Å². The van der Waals surface area contributed by atoms with Gasteiger partial charge >= 0.3 is 0 Å². The predicted molar refractivity (Wildman–Crippen MR) is 73.0 cm³/mol. The van der Waals surface area contributed by atoms with E-state index in [2.05, 4.69) is 0 Å². The number of benzene rings is 1. The third kappa shape index (κ3) is 3.39. The Morgan fingerprint density at radius 1 is 1.11 bits per heavy atom. The van der Waals surface area contributed by atoms with Gasteiger partial charge in [0, 0.05) is 6.54 Å². The second-order valence-corrected chi connectivity index (χ2v) is 4.92. The zero-order valence-corrected chi connectivity index (χ0v) is 11.2. The van der Waals surface area contributed by atoms with Crippen molar-refractivity contribution in [3.8, 4) is 11.5 Å². The van der Waals surface area contributed by atoms with E-state index in [1.54, 1.807) is 7.11 Å². The fourth-order valence-electron chi connectivity index (χ4n) is 2.48. The second kappa shape index (κ2) is 6.64. The van der Waals surface area contributed by atoms with Gasteiger partial charge in [-0.15, -0.1) is 0 Å². The highest BCUT2D eigenvalue weighted by Gasteiger charge is 2.16. The van der Waals surface area contributed by atoms with E-state index in [4.69, 9.17) is 15.2 Å².